The first-order valence-corrected chi connectivity index (χ1v) is 7.38. The lowest BCUT2D eigenvalue weighted by Crippen LogP contribution is -2.51. The Morgan fingerprint density at radius 3 is 3.00 bits per heavy atom. The fourth-order valence-electron chi connectivity index (χ4n) is 2.14. The lowest BCUT2D eigenvalue weighted by Gasteiger charge is -2.30. The smallest absolute Gasteiger partial charge is 0.327 e. The molecule has 7 nitrogen and oxygen atoms in total. The number of hydrogen-bond donors (Lipinski definition) is 2. The Kier molecular flexibility index (Phi) is 4.89. The predicted molar refractivity (Wildman–Crippen MR) is 71.2 cm³/mol. The Morgan fingerprint density at radius 2 is 2.32 bits per heavy atom. The van der Waals surface area contributed by atoms with Gasteiger partial charge in [-0.25, -0.2) is 9.59 Å². The average Bonchev–Trinajstić information content (AvgIpc) is 2.85. The number of carboxylic acid groups (broad SMARTS) is 1. The first kappa shape index (κ1) is 14.4. The van der Waals surface area contributed by atoms with Crippen LogP contribution in [0.4, 0.5) is 4.79 Å². The molecule has 8 heteroatoms. The van der Waals surface area contributed by atoms with Crippen molar-refractivity contribution in [3.05, 3.63) is 0 Å². The van der Waals surface area contributed by atoms with E-state index in [0.717, 1.165) is 13.1 Å². The Balaban J connectivity index is 1.79. The predicted octanol–water partition coefficient (Wildman–Crippen LogP) is -0.514. The van der Waals surface area contributed by atoms with Gasteiger partial charge in [-0.05, 0) is 7.05 Å². The minimum absolute atomic E-state index is 0.0266. The number of hydrogen-bond acceptors (Lipinski definition) is 5. The minimum atomic E-state index is -0.950. The van der Waals surface area contributed by atoms with Crippen LogP contribution >= 0.6 is 11.8 Å². The van der Waals surface area contributed by atoms with Gasteiger partial charge in [0.05, 0.1) is 18.6 Å². The zero-order chi connectivity index (χ0) is 13.8. The normalized spacial score (nSPS) is 28.4. The fraction of sp³-hybridized carbons (Fsp3) is 0.818. The number of carbonyl (C=O) groups excluding carboxylic acids is 1. The summed E-state index contributed by atoms with van der Waals surface area (Å²) in [5, 5.41) is 11.8. The van der Waals surface area contributed by atoms with Crippen molar-refractivity contribution < 1.29 is 19.4 Å². The van der Waals surface area contributed by atoms with Gasteiger partial charge in [-0.1, -0.05) is 0 Å². The maximum atomic E-state index is 12.0. The topological polar surface area (TPSA) is 82.1 Å². The quantitative estimate of drug-likeness (QED) is 0.728. The van der Waals surface area contributed by atoms with Gasteiger partial charge in [0.15, 0.2) is 0 Å². The largest absolute Gasteiger partial charge is 0.480 e. The zero-order valence-electron chi connectivity index (χ0n) is 10.9. The molecule has 108 valence electrons. The van der Waals surface area contributed by atoms with Crippen molar-refractivity contribution in [3.8, 4) is 0 Å². The molecule has 0 aromatic carbocycles. The summed E-state index contributed by atoms with van der Waals surface area (Å²) < 4.78 is 5.54. The van der Waals surface area contributed by atoms with Gasteiger partial charge in [0.1, 0.15) is 6.04 Å². The molecule has 2 atom stereocenters. The summed E-state index contributed by atoms with van der Waals surface area (Å²) in [5.74, 6) is -0.0755. The number of carbonyl (C=O) groups is 2. The zero-order valence-corrected chi connectivity index (χ0v) is 11.7. The van der Waals surface area contributed by atoms with E-state index >= 15 is 0 Å². The summed E-state index contributed by atoms with van der Waals surface area (Å²) in [7, 11) is 2.01. The highest BCUT2D eigenvalue weighted by Gasteiger charge is 2.34. The summed E-state index contributed by atoms with van der Waals surface area (Å²) in [6.45, 7) is 2.75. The lowest BCUT2D eigenvalue weighted by molar-refractivity contribution is -0.140. The molecule has 0 spiro atoms. The SMILES string of the molecule is CN1CCOC(CNC(=O)N2CSC[C@H]2C(=O)O)C1. The van der Waals surface area contributed by atoms with Gasteiger partial charge < -0.3 is 25.0 Å². The number of ether oxygens (including phenoxy) is 1. The first-order valence-electron chi connectivity index (χ1n) is 6.23. The molecule has 2 amide bonds. The molecule has 1 unspecified atom stereocenters. The molecule has 2 fully saturated rings. The van der Waals surface area contributed by atoms with Crippen LogP contribution in [0.25, 0.3) is 0 Å². The Morgan fingerprint density at radius 1 is 1.53 bits per heavy atom. The molecular formula is C11H19N3O4S. The van der Waals surface area contributed by atoms with Gasteiger partial charge in [-0.15, -0.1) is 11.8 Å². The Hall–Kier alpha value is -0.990. The number of aliphatic carboxylic acids is 1. The fourth-order valence-corrected chi connectivity index (χ4v) is 3.29. The number of thioether (sulfide) groups is 1. The molecule has 0 saturated carbocycles. The molecule has 0 aromatic heterocycles. The third kappa shape index (κ3) is 3.74. The van der Waals surface area contributed by atoms with Gasteiger partial charge in [-0.3, -0.25) is 0 Å². The first-order chi connectivity index (χ1) is 9.08. The van der Waals surface area contributed by atoms with E-state index in [4.69, 9.17) is 9.84 Å². The van der Waals surface area contributed by atoms with Gasteiger partial charge in [0.25, 0.3) is 0 Å². The van der Waals surface area contributed by atoms with Crippen LogP contribution in [0.3, 0.4) is 0 Å². The van der Waals surface area contributed by atoms with Gasteiger partial charge in [0, 0.05) is 25.4 Å². The number of amides is 2. The minimum Gasteiger partial charge on any atom is -0.480 e. The number of morpholine rings is 1. The van der Waals surface area contributed by atoms with Crippen molar-refractivity contribution >= 4 is 23.8 Å². The highest BCUT2D eigenvalue weighted by molar-refractivity contribution is 7.99. The summed E-state index contributed by atoms with van der Waals surface area (Å²) in [6.07, 6.45) is -0.0266. The number of urea groups is 1. The van der Waals surface area contributed by atoms with E-state index in [2.05, 4.69) is 10.2 Å². The molecule has 2 rings (SSSR count). The Bertz CT molecular complexity index is 355. The van der Waals surface area contributed by atoms with Crippen LogP contribution in [0.5, 0.6) is 0 Å². The molecule has 2 aliphatic rings. The number of carboxylic acids is 1. The molecule has 2 aliphatic heterocycles. The molecule has 0 aromatic rings. The van der Waals surface area contributed by atoms with Crippen molar-refractivity contribution in [2.75, 3.05) is 44.9 Å². The second-order valence-corrected chi connectivity index (χ2v) is 5.76. The van der Waals surface area contributed by atoms with Crippen LogP contribution in [-0.4, -0.2) is 84.0 Å². The molecule has 0 bridgehead atoms. The number of nitrogens with zero attached hydrogens (tertiary/aromatic N) is 2. The molecule has 2 saturated heterocycles. The monoisotopic (exact) mass is 289 g/mol. The van der Waals surface area contributed by atoms with E-state index < -0.39 is 12.0 Å². The molecule has 2 N–H and O–H groups in total. The highest BCUT2D eigenvalue weighted by Crippen LogP contribution is 2.20. The van der Waals surface area contributed by atoms with Gasteiger partial charge >= 0.3 is 12.0 Å². The second kappa shape index (κ2) is 6.44. The summed E-state index contributed by atoms with van der Waals surface area (Å²) in [4.78, 5) is 26.5. The van der Waals surface area contributed by atoms with Crippen molar-refractivity contribution in [1.82, 2.24) is 15.1 Å². The summed E-state index contributed by atoms with van der Waals surface area (Å²) in [6, 6.07) is -1.05. The van der Waals surface area contributed by atoms with E-state index in [1.54, 1.807) is 0 Å². The van der Waals surface area contributed by atoms with Crippen LogP contribution in [0.2, 0.25) is 0 Å². The van der Waals surface area contributed by atoms with Crippen LogP contribution in [-0.2, 0) is 9.53 Å². The van der Waals surface area contributed by atoms with Crippen molar-refractivity contribution in [2.45, 2.75) is 12.1 Å². The van der Waals surface area contributed by atoms with Crippen LogP contribution in [0.1, 0.15) is 0 Å². The maximum absolute atomic E-state index is 12.0. The third-order valence-electron chi connectivity index (χ3n) is 3.25. The van der Waals surface area contributed by atoms with Crippen molar-refractivity contribution in [1.29, 1.82) is 0 Å². The van der Waals surface area contributed by atoms with Crippen molar-refractivity contribution in [3.63, 3.8) is 0 Å². The van der Waals surface area contributed by atoms with Crippen LogP contribution in [0.15, 0.2) is 0 Å². The van der Waals surface area contributed by atoms with Crippen LogP contribution < -0.4 is 5.32 Å². The van der Waals surface area contributed by atoms with E-state index in [1.807, 2.05) is 7.05 Å². The molecule has 0 aliphatic carbocycles. The van der Waals surface area contributed by atoms with E-state index in [1.165, 1.54) is 16.7 Å². The van der Waals surface area contributed by atoms with E-state index in [-0.39, 0.29) is 12.1 Å². The maximum Gasteiger partial charge on any atom is 0.327 e. The van der Waals surface area contributed by atoms with Crippen molar-refractivity contribution in [2.24, 2.45) is 0 Å². The lowest BCUT2D eigenvalue weighted by atomic mass is 10.3. The number of nitrogens with one attached hydrogen (secondary N) is 1. The van der Waals surface area contributed by atoms with Gasteiger partial charge in [0.2, 0.25) is 0 Å². The van der Waals surface area contributed by atoms with E-state index in [0.29, 0.717) is 24.8 Å². The summed E-state index contributed by atoms with van der Waals surface area (Å²) >= 11 is 1.45. The molecule has 2 heterocycles. The third-order valence-corrected chi connectivity index (χ3v) is 4.26. The van der Waals surface area contributed by atoms with Crippen LogP contribution in [0, 0.1) is 0 Å². The highest BCUT2D eigenvalue weighted by atomic mass is 32.2. The number of rotatable bonds is 3. The molecule has 0 radical (unpaired) electrons. The molecular weight excluding hydrogens is 270 g/mol. The van der Waals surface area contributed by atoms with Gasteiger partial charge in [-0.2, -0.15) is 0 Å². The standard InChI is InChI=1S/C11H19N3O4S/c1-13-2-3-18-8(5-13)4-12-11(17)14-7-19-6-9(14)10(15)16/h8-9H,2-7H2,1H3,(H,12,17)(H,15,16)/t8?,9-/m0/s1. The second-order valence-electron chi connectivity index (χ2n) is 4.76. The summed E-state index contributed by atoms with van der Waals surface area (Å²) in [5.41, 5.74) is 0. The average molecular weight is 289 g/mol. The van der Waals surface area contributed by atoms with E-state index in [9.17, 15) is 9.59 Å². The Labute approximate surface area is 116 Å². The number of likely N-dealkylation sites (N-methyl/N-ethyl adjacent to an activating group) is 1. The molecule has 19 heavy (non-hydrogen) atoms.